The second-order valence-corrected chi connectivity index (χ2v) is 6.43. The van der Waals surface area contributed by atoms with Gasteiger partial charge in [0.05, 0.1) is 6.04 Å². The minimum absolute atomic E-state index is 0.448. The second-order valence-electron chi connectivity index (χ2n) is 6.43. The summed E-state index contributed by atoms with van der Waals surface area (Å²) in [4.78, 5) is 4.68. The van der Waals surface area contributed by atoms with E-state index in [2.05, 4.69) is 41.8 Å². The first kappa shape index (κ1) is 15.6. The van der Waals surface area contributed by atoms with E-state index in [0.29, 0.717) is 6.04 Å². The largest absolute Gasteiger partial charge is 0.334 e. The molecule has 0 saturated heterocycles. The number of nitrogens with zero attached hydrogens (tertiary/aromatic N) is 2. The first-order chi connectivity index (χ1) is 9.76. The van der Waals surface area contributed by atoms with E-state index in [0.717, 1.165) is 24.9 Å². The fourth-order valence-electron chi connectivity index (χ4n) is 3.42. The first-order valence-corrected chi connectivity index (χ1v) is 8.50. The van der Waals surface area contributed by atoms with Gasteiger partial charge >= 0.3 is 0 Å². The van der Waals surface area contributed by atoms with Crippen LogP contribution in [0.1, 0.15) is 71.2 Å². The van der Waals surface area contributed by atoms with Crippen molar-refractivity contribution in [3.8, 4) is 0 Å². The Bertz CT molecular complexity index is 377. The Kier molecular flexibility index (Phi) is 6.08. The smallest absolute Gasteiger partial charge is 0.126 e. The van der Waals surface area contributed by atoms with Crippen LogP contribution in [-0.4, -0.2) is 16.1 Å². The Morgan fingerprint density at radius 1 is 1.25 bits per heavy atom. The molecule has 0 aromatic carbocycles. The third-order valence-corrected chi connectivity index (χ3v) is 4.64. The number of hydrogen-bond donors (Lipinski definition) is 1. The van der Waals surface area contributed by atoms with Crippen LogP contribution in [0.4, 0.5) is 0 Å². The van der Waals surface area contributed by atoms with E-state index in [-0.39, 0.29) is 0 Å². The van der Waals surface area contributed by atoms with Crippen LogP contribution >= 0.6 is 0 Å². The summed E-state index contributed by atoms with van der Waals surface area (Å²) in [6.45, 7) is 9.05. The molecular weight excluding hydrogens is 246 g/mol. The SMILES string of the molecule is CCCNC(c1nccn1CCC)C1CCC(C)CC1. The molecule has 1 N–H and O–H groups in total. The van der Waals surface area contributed by atoms with E-state index in [4.69, 9.17) is 0 Å². The van der Waals surface area contributed by atoms with E-state index in [1.54, 1.807) is 0 Å². The molecule has 2 rings (SSSR count). The molecule has 0 bridgehead atoms. The number of hydrogen-bond acceptors (Lipinski definition) is 2. The molecule has 0 radical (unpaired) electrons. The van der Waals surface area contributed by atoms with Crippen molar-refractivity contribution in [1.82, 2.24) is 14.9 Å². The average molecular weight is 277 g/mol. The molecule has 1 aromatic heterocycles. The monoisotopic (exact) mass is 277 g/mol. The molecule has 1 unspecified atom stereocenters. The molecule has 114 valence electrons. The Labute approximate surface area is 124 Å². The maximum atomic E-state index is 4.68. The standard InChI is InChI=1S/C17H31N3/c1-4-10-18-16(15-8-6-14(3)7-9-15)17-19-11-13-20(17)12-5-2/h11,13-16,18H,4-10,12H2,1-3H3. The van der Waals surface area contributed by atoms with Gasteiger partial charge in [-0.2, -0.15) is 0 Å². The quantitative estimate of drug-likeness (QED) is 0.811. The van der Waals surface area contributed by atoms with Gasteiger partial charge in [-0.15, -0.1) is 0 Å². The van der Waals surface area contributed by atoms with E-state index in [1.807, 2.05) is 6.20 Å². The molecule has 1 aromatic rings. The van der Waals surface area contributed by atoms with Crippen LogP contribution in [0.5, 0.6) is 0 Å². The lowest BCUT2D eigenvalue weighted by molar-refractivity contribution is 0.222. The fourth-order valence-corrected chi connectivity index (χ4v) is 3.42. The summed E-state index contributed by atoms with van der Waals surface area (Å²) in [5, 5.41) is 3.77. The maximum Gasteiger partial charge on any atom is 0.126 e. The predicted octanol–water partition coefficient (Wildman–Crippen LogP) is 4.16. The van der Waals surface area contributed by atoms with Crippen LogP contribution < -0.4 is 5.32 Å². The summed E-state index contributed by atoms with van der Waals surface area (Å²) in [5.41, 5.74) is 0. The first-order valence-electron chi connectivity index (χ1n) is 8.50. The Balaban J connectivity index is 2.11. The maximum absolute atomic E-state index is 4.68. The van der Waals surface area contributed by atoms with Gasteiger partial charge in [0.2, 0.25) is 0 Å². The van der Waals surface area contributed by atoms with Gasteiger partial charge in [0.15, 0.2) is 0 Å². The van der Waals surface area contributed by atoms with Gasteiger partial charge in [-0.25, -0.2) is 4.98 Å². The highest BCUT2D eigenvalue weighted by atomic mass is 15.1. The van der Waals surface area contributed by atoms with Crippen molar-refractivity contribution in [2.24, 2.45) is 11.8 Å². The summed E-state index contributed by atoms with van der Waals surface area (Å²) in [6, 6.07) is 0.448. The predicted molar refractivity (Wildman–Crippen MR) is 84.7 cm³/mol. The fraction of sp³-hybridized carbons (Fsp3) is 0.824. The van der Waals surface area contributed by atoms with Crippen molar-refractivity contribution < 1.29 is 0 Å². The van der Waals surface area contributed by atoms with Crippen LogP contribution in [0, 0.1) is 11.8 Å². The van der Waals surface area contributed by atoms with Crippen molar-refractivity contribution in [2.75, 3.05) is 6.54 Å². The molecule has 1 fully saturated rings. The lowest BCUT2D eigenvalue weighted by Crippen LogP contribution is -2.33. The lowest BCUT2D eigenvalue weighted by atomic mass is 9.79. The summed E-state index contributed by atoms with van der Waals surface area (Å²) in [5.74, 6) is 2.93. The Morgan fingerprint density at radius 2 is 2.00 bits per heavy atom. The topological polar surface area (TPSA) is 29.9 Å². The van der Waals surface area contributed by atoms with Crippen LogP contribution in [-0.2, 0) is 6.54 Å². The van der Waals surface area contributed by atoms with E-state index < -0.39 is 0 Å². The summed E-state index contributed by atoms with van der Waals surface area (Å²) in [7, 11) is 0. The molecule has 3 nitrogen and oxygen atoms in total. The van der Waals surface area contributed by atoms with E-state index in [9.17, 15) is 0 Å². The highest BCUT2D eigenvalue weighted by Gasteiger charge is 2.29. The van der Waals surface area contributed by atoms with Gasteiger partial charge in [0, 0.05) is 18.9 Å². The minimum Gasteiger partial charge on any atom is -0.334 e. The summed E-state index contributed by atoms with van der Waals surface area (Å²) < 4.78 is 2.35. The Hall–Kier alpha value is -0.830. The van der Waals surface area contributed by atoms with Gasteiger partial charge in [-0.05, 0) is 44.1 Å². The molecule has 20 heavy (non-hydrogen) atoms. The van der Waals surface area contributed by atoms with E-state index >= 15 is 0 Å². The number of aromatic nitrogens is 2. The van der Waals surface area contributed by atoms with Crippen molar-refractivity contribution in [2.45, 2.75) is 71.9 Å². The molecule has 3 heteroatoms. The molecule has 1 aliphatic carbocycles. The highest BCUT2D eigenvalue weighted by molar-refractivity contribution is 5.02. The molecule has 1 heterocycles. The third kappa shape index (κ3) is 3.85. The van der Waals surface area contributed by atoms with Gasteiger partial charge < -0.3 is 9.88 Å². The third-order valence-electron chi connectivity index (χ3n) is 4.64. The second kappa shape index (κ2) is 7.82. The Morgan fingerprint density at radius 3 is 2.65 bits per heavy atom. The number of rotatable bonds is 7. The van der Waals surface area contributed by atoms with Crippen molar-refractivity contribution in [3.05, 3.63) is 18.2 Å². The normalized spacial score (nSPS) is 24.8. The average Bonchev–Trinajstić information content (AvgIpc) is 2.90. The van der Waals surface area contributed by atoms with Crippen LogP contribution in [0.15, 0.2) is 12.4 Å². The lowest BCUT2D eigenvalue weighted by Gasteiger charge is -2.33. The van der Waals surface area contributed by atoms with Gasteiger partial charge in [0.1, 0.15) is 5.82 Å². The van der Waals surface area contributed by atoms with Gasteiger partial charge in [-0.3, -0.25) is 0 Å². The van der Waals surface area contributed by atoms with Gasteiger partial charge in [0.25, 0.3) is 0 Å². The molecular formula is C17H31N3. The molecule has 1 atom stereocenters. The van der Waals surface area contributed by atoms with Crippen LogP contribution in [0.3, 0.4) is 0 Å². The molecule has 0 spiro atoms. The zero-order valence-corrected chi connectivity index (χ0v) is 13.4. The minimum atomic E-state index is 0.448. The molecule has 1 saturated carbocycles. The summed E-state index contributed by atoms with van der Waals surface area (Å²) >= 11 is 0. The van der Waals surface area contributed by atoms with Crippen molar-refractivity contribution >= 4 is 0 Å². The highest BCUT2D eigenvalue weighted by Crippen LogP contribution is 2.36. The summed E-state index contributed by atoms with van der Waals surface area (Å²) in [6.07, 6.45) is 11.9. The molecule has 0 aliphatic heterocycles. The zero-order chi connectivity index (χ0) is 14.4. The molecule has 1 aliphatic rings. The van der Waals surface area contributed by atoms with Crippen molar-refractivity contribution in [1.29, 1.82) is 0 Å². The van der Waals surface area contributed by atoms with Crippen LogP contribution in [0.2, 0.25) is 0 Å². The van der Waals surface area contributed by atoms with Crippen molar-refractivity contribution in [3.63, 3.8) is 0 Å². The number of aryl methyl sites for hydroxylation is 1. The number of imidazole rings is 1. The zero-order valence-electron chi connectivity index (χ0n) is 13.4. The van der Waals surface area contributed by atoms with Crippen LogP contribution in [0.25, 0.3) is 0 Å². The van der Waals surface area contributed by atoms with E-state index in [1.165, 1.54) is 44.3 Å². The molecule has 0 amide bonds. The number of nitrogens with one attached hydrogen (secondary N) is 1. The van der Waals surface area contributed by atoms with Gasteiger partial charge in [-0.1, -0.05) is 33.6 Å².